The highest BCUT2D eigenvalue weighted by molar-refractivity contribution is 9.10. The summed E-state index contributed by atoms with van der Waals surface area (Å²) in [5.74, 6) is -1.49. The summed E-state index contributed by atoms with van der Waals surface area (Å²) in [5.41, 5.74) is 2.60. The summed E-state index contributed by atoms with van der Waals surface area (Å²) in [4.78, 5) is 25.0. The van der Waals surface area contributed by atoms with Crippen molar-refractivity contribution in [2.24, 2.45) is 0 Å². The summed E-state index contributed by atoms with van der Waals surface area (Å²) >= 11 is 9.51. The van der Waals surface area contributed by atoms with E-state index in [1.54, 1.807) is 19.1 Å². The fourth-order valence-corrected chi connectivity index (χ4v) is 3.50. The highest BCUT2D eigenvalue weighted by Gasteiger charge is 2.25. The molecule has 0 aliphatic heterocycles. The van der Waals surface area contributed by atoms with E-state index in [1.807, 2.05) is 43.3 Å². The number of ketones is 1. The van der Waals surface area contributed by atoms with Crippen LogP contribution in [0, 0.1) is 6.92 Å². The summed E-state index contributed by atoms with van der Waals surface area (Å²) in [5, 5.41) is 2.46. The number of carbonyl (C=O) groups excluding carboxylic acids is 2. The number of hydrogen-bond donors (Lipinski definition) is 0. The molecule has 0 amide bonds. The zero-order valence-corrected chi connectivity index (χ0v) is 16.6. The second kappa shape index (κ2) is 7.60. The Morgan fingerprint density at radius 2 is 1.77 bits per heavy atom. The van der Waals surface area contributed by atoms with Crippen LogP contribution in [0.1, 0.15) is 22.8 Å². The van der Waals surface area contributed by atoms with Gasteiger partial charge in [-0.15, -0.1) is 0 Å². The molecule has 0 N–H and O–H groups in total. The van der Waals surface area contributed by atoms with Gasteiger partial charge in [0.15, 0.2) is 0 Å². The van der Waals surface area contributed by atoms with Crippen molar-refractivity contribution in [3.05, 3.63) is 69.2 Å². The Labute approximate surface area is 165 Å². The zero-order valence-electron chi connectivity index (χ0n) is 14.3. The molecule has 0 radical (unpaired) electrons. The van der Waals surface area contributed by atoms with Crippen LogP contribution < -0.4 is 0 Å². The molecule has 3 aromatic carbocycles. The van der Waals surface area contributed by atoms with E-state index in [2.05, 4.69) is 15.9 Å². The second-order valence-corrected chi connectivity index (χ2v) is 7.22. The minimum atomic E-state index is -0.847. The Balaban J connectivity index is 2.37. The molecule has 26 heavy (non-hydrogen) atoms. The highest BCUT2D eigenvalue weighted by Crippen LogP contribution is 2.36. The van der Waals surface area contributed by atoms with Crippen molar-refractivity contribution in [3.8, 4) is 11.1 Å². The van der Waals surface area contributed by atoms with Gasteiger partial charge in [-0.05, 0) is 60.0 Å². The van der Waals surface area contributed by atoms with Gasteiger partial charge in [0, 0.05) is 20.6 Å². The first kappa shape index (κ1) is 18.6. The molecule has 0 aliphatic rings. The van der Waals surface area contributed by atoms with Gasteiger partial charge in [-0.3, -0.25) is 4.79 Å². The smallest absolute Gasteiger partial charge is 0.379 e. The van der Waals surface area contributed by atoms with Crippen molar-refractivity contribution in [2.75, 3.05) is 6.61 Å². The normalized spacial score (nSPS) is 10.8. The van der Waals surface area contributed by atoms with E-state index >= 15 is 0 Å². The monoisotopic (exact) mass is 430 g/mol. The Bertz CT molecular complexity index is 1010. The summed E-state index contributed by atoms with van der Waals surface area (Å²) in [6.45, 7) is 3.65. The first-order chi connectivity index (χ1) is 12.4. The predicted molar refractivity (Wildman–Crippen MR) is 108 cm³/mol. The fraction of sp³-hybridized carbons (Fsp3) is 0.143. The van der Waals surface area contributed by atoms with E-state index in [0.29, 0.717) is 16.1 Å². The lowest BCUT2D eigenvalue weighted by Gasteiger charge is -2.16. The van der Waals surface area contributed by atoms with Gasteiger partial charge < -0.3 is 4.74 Å². The van der Waals surface area contributed by atoms with Crippen LogP contribution in [0.3, 0.4) is 0 Å². The van der Waals surface area contributed by atoms with Crippen molar-refractivity contribution in [1.82, 2.24) is 0 Å². The van der Waals surface area contributed by atoms with E-state index in [0.717, 1.165) is 26.4 Å². The molecular weight excluding hydrogens is 416 g/mol. The summed E-state index contributed by atoms with van der Waals surface area (Å²) in [6.07, 6.45) is 0. The second-order valence-electron chi connectivity index (χ2n) is 5.87. The van der Waals surface area contributed by atoms with Crippen molar-refractivity contribution in [1.29, 1.82) is 0 Å². The Hall–Kier alpha value is -2.17. The quantitative estimate of drug-likeness (QED) is 0.290. The average molecular weight is 432 g/mol. The van der Waals surface area contributed by atoms with E-state index in [-0.39, 0.29) is 6.61 Å². The number of benzene rings is 3. The molecule has 0 unspecified atom stereocenters. The number of aryl methyl sites for hydroxylation is 1. The van der Waals surface area contributed by atoms with Gasteiger partial charge in [-0.1, -0.05) is 51.8 Å². The van der Waals surface area contributed by atoms with Crippen molar-refractivity contribution in [3.63, 3.8) is 0 Å². The molecule has 0 saturated heterocycles. The maximum absolute atomic E-state index is 12.8. The van der Waals surface area contributed by atoms with Crippen LogP contribution in [-0.2, 0) is 9.53 Å². The molecule has 132 valence electrons. The average Bonchev–Trinajstić information content (AvgIpc) is 2.61. The van der Waals surface area contributed by atoms with Crippen LogP contribution in [0.15, 0.2) is 53.0 Å². The van der Waals surface area contributed by atoms with Gasteiger partial charge in [0.25, 0.3) is 5.78 Å². The SMILES string of the molecule is CCOC(=O)C(=O)c1c(C)cc2ccc(Br)cc2c1-c1ccc(Cl)cc1. The molecule has 0 fully saturated rings. The molecule has 3 aromatic rings. The molecule has 0 heterocycles. The lowest BCUT2D eigenvalue weighted by Crippen LogP contribution is -2.19. The van der Waals surface area contributed by atoms with E-state index < -0.39 is 11.8 Å². The topological polar surface area (TPSA) is 43.4 Å². The van der Waals surface area contributed by atoms with Crippen LogP contribution in [-0.4, -0.2) is 18.4 Å². The van der Waals surface area contributed by atoms with Crippen LogP contribution in [0.4, 0.5) is 0 Å². The largest absolute Gasteiger partial charge is 0.460 e. The van der Waals surface area contributed by atoms with Crippen LogP contribution in [0.25, 0.3) is 21.9 Å². The lowest BCUT2D eigenvalue weighted by molar-refractivity contribution is -0.137. The molecule has 5 heteroatoms. The number of Topliss-reactive ketones (excluding diaryl/α,β-unsaturated/α-hetero) is 1. The number of hydrogen-bond acceptors (Lipinski definition) is 3. The number of rotatable bonds is 4. The molecule has 0 aliphatic carbocycles. The summed E-state index contributed by atoms with van der Waals surface area (Å²) < 4.78 is 5.83. The first-order valence-corrected chi connectivity index (χ1v) is 9.29. The van der Waals surface area contributed by atoms with Gasteiger partial charge >= 0.3 is 5.97 Å². The Kier molecular flexibility index (Phi) is 5.44. The van der Waals surface area contributed by atoms with Crippen LogP contribution in [0.2, 0.25) is 5.02 Å². The number of carbonyl (C=O) groups is 2. The number of ether oxygens (including phenoxy) is 1. The van der Waals surface area contributed by atoms with Gasteiger partial charge in [-0.25, -0.2) is 4.79 Å². The van der Waals surface area contributed by atoms with E-state index in [1.165, 1.54) is 0 Å². The molecule has 0 spiro atoms. The third-order valence-corrected chi connectivity index (χ3v) is 4.87. The number of esters is 1. The van der Waals surface area contributed by atoms with Crippen molar-refractivity contribution in [2.45, 2.75) is 13.8 Å². The third kappa shape index (κ3) is 3.53. The third-order valence-electron chi connectivity index (χ3n) is 4.12. The van der Waals surface area contributed by atoms with Crippen LogP contribution in [0.5, 0.6) is 0 Å². The molecule has 0 bridgehead atoms. The fourth-order valence-electron chi connectivity index (χ4n) is 3.02. The van der Waals surface area contributed by atoms with Crippen LogP contribution >= 0.6 is 27.5 Å². The molecule has 3 nitrogen and oxygen atoms in total. The minimum Gasteiger partial charge on any atom is -0.460 e. The van der Waals surface area contributed by atoms with E-state index in [4.69, 9.17) is 16.3 Å². The zero-order chi connectivity index (χ0) is 18.8. The minimum absolute atomic E-state index is 0.152. The van der Waals surface area contributed by atoms with Gasteiger partial charge in [-0.2, -0.15) is 0 Å². The maximum atomic E-state index is 12.8. The predicted octanol–water partition coefficient (Wildman–Crippen LogP) is 5.98. The summed E-state index contributed by atoms with van der Waals surface area (Å²) in [6, 6.07) is 15.0. The lowest BCUT2D eigenvalue weighted by atomic mass is 9.88. The van der Waals surface area contributed by atoms with Crippen molar-refractivity contribution < 1.29 is 14.3 Å². The van der Waals surface area contributed by atoms with Gasteiger partial charge in [0.05, 0.1) is 6.61 Å². The first-order valence-electron chi connectivity index (χ1n) is 8.12. The molecule has 0 aromatic heterocycles. The molecule has 0 saturated carbocycles. The van der Waals surface area contributed by atoms with Gasteiger partial charge in [0.2, 0.25) is 0 Å². The molecule has 0 atom stereocenters. The Morgan fingerprint density at radius 3 is 2.42 bits per heavy atom. The molecule has 3 rings (SSSR count). The Morgan fingerprint density at radius 1 is 1.08 bits per heavy atom. The van der Waals surface area contributed by atoms with Gasteiger partial charge in [0.1, 0.15) is 0 Å². The van der Waals surface area contributed by atoms with Crippen molar-refractivity contribution >= 4 is 50.1 Å². The number of halogens is 2. The standard InChI is InChI=1S/C21H16BrClO3/c1-3-26-21(25)20(24)18-12(2)10-14-4-7-15(22)11-17(14)19(18)13-5-8-16(23)9-6-13/h4-11H,3H2,1-2H3. The molecular formula is C21H16BrClO3. The van der Waals surface area contributed by atoms with E-state index in [9.17, 15) is 9.59 Å². The maximum Gasteiger partial charge on any atom is 0.379 e. The highest BCUT2D eigenvalue weighted by atomic mass is 79.9. The summed E-state index contributed by atoms with van der Waals surface area (Å²) in [7, 11) is 0. The number of fused-ring (bicyclic) bond motifs is 1.